The summed E-state index contributed by atoms with van der Waals surface area (Å²) in [6.45, 7) is 5.51. The smallest absolute Gasteiger partial charge is 0.185 e. The molecule has 0 fully saturated rings. The van der Waals surface area contributed by atoms with Crippen molar-refractivity contribution < 1.29 is 8.42 Å². The van der Waals surface area contributed by atoms with E-state index >= 15 is 0 Å². The van der Waals surface area contributed by atoms with Crippen LogP contribution in [0.5, 0.6) is 0 Å². The molecule has 0 aliphatic heterocycles. The summed E-state index contributed by atoms with van der Waals surface area (Å²) in [4.78, 5) is 0. The zero-order chi connectivity index (χ0) is 7.28. The van der Waals surface area contributed by atoms with Crippen molar-refractivity contribution in [2.45, 2.75) is 19.8 Å². The van der Waals surface area contributed by atoms with Crippen LogP contribution in [-0.2, 0) is 10.3 Å². The maximum Gasteiger partial charge on any atom is 0.214 e. The molecule has 9 heavy (non-hydrogen) atoms. The normalized spacial score (nSPS) is 8.56. The fourth-order valence-corrected chi connectivity index (χ4v) is 0.906. The number of hydrogen-bond donors (Lipinski definition) is 0. The first kappa shape index (κ1) is 8.43. The van der Waals surface area contributed by atoms with Crippen LogP contribution >= 0.6 is 0 Å². The predicted molar refractivity (Wildman–Crippen MR) is 39.0 cm³/mol. The molecule has 0 heterocycles. The summed E-state index contributed by atoms with van der Waals surface area (Å²) in [7, 11) is -2.07. The standard InChI is InChI=1S/C6H10O2S/c1-3-4-6(2)5-9(7)8/h5H,2-4H2,1H3. The highest BCUT2D eigenvalue weighted by Gasteiger charge is 1.85. The van der Waals surface area contributed by atoms with Crippen LogP contribution < -0.4 is 0 Å². The van der Waals surface area contributed by atoms with Crippen LogP contribution in [0.2, 0.25) is 0 Å². The van der Waals surface area contributed by atoms with E-state index < -0.39 is 10.3 Å². The van der Waals surface area contributed by atoms with Gasteiger partial charge in [0.05, 0.1) is 5.37 Å². The van der Waals surface area contributed by atoms with Crippen LogP contribution in [0.4, 0.5) is 0 Å². The van der Waals surface area contributed by atoms with Crippen molar-refractivity contribution in [3.63, 3.8) is 0 Å². The molecule has 0 aromatic heterocycles. The van der Waals surface area contributed by atoms with Gasteiger partial charge in [-0.1, -0.05) is 19.9 Å². The Balaban J connectivity index is 3.94. The second-order valence-corrected chi connectivity index (χ2v) is 2.54. The van der Waals surface area contributed by atoms with E-state index in [2.05, 4.69) is 6.58 Å². The van der Waals surface area contributed by atoms with Gasteiger partial charge < -0.3 is 0 Å². The van der Waals surface area contributed by atoms with Gasteiger partial charge >= 0.3 is 0 Å². The van der Waals surface area contributed by atoms with Gasteiger partial charge in [0.25, 0.3) is 0 Å². The molecule has 0 bridgehead atoms. The highest BCUT2D eigenvalue weighted by Crippen LogP contribution is 1.95. The van der Waals surface area contributed by atoms with Crippen LogP contribution in [0, 0.1) is 0 Å². The zero-order valence-corrected chi connectivity index (χ0v) is 6.24. The fraction of sp³-hybridized carbons (Fsp3) is 0.500. The van der Waals surface area contributed by atoms with E-state index in [4.69, 9.17) is 0 Å². The SMILES string of the molecule is C=C(C=S(=O)=O)CCC. The van der Waals surface area contributed by atoms with Crippen molar-refractivity contribution in [1.29, 1.82) is 0 Å². The Morgan fingerprint density at radius 2 is 2.22 bits per heavy atom. The Hall–Kier alpha value is -0.570. The van der Waals surface area contributed by atoms with Crippen molar-refractivity contribution in [1.82, 2.24) is 0 Å². The van der Waals surface area contributed by atoms with Crippen molar-refractivity contribution >= 4 is 15.7 Å². The highest BCUT2D eigenvalue weighted by atomic mass is 32.2. The molecule has 0 rings (SSSR count). The number of allylic oxidation sites excluding steroid dienone is 1. The molecule has 0 aromatic carbocycles. The molecule has 2 nitrogen and oxygen atoms in total. The van der Waals surface area contributed by atoms with Crippen molar-refractivity contribution in [2.24, 2.45) is 0 Å². The molecule has 0 unspecified atom stereocenters. The molecule has 0 N–H and O–H groups in total. The van der Waals surface area contributed by atoms with Gasteiger partial charge in [0.2, 0.25) is 10.3 Å². The second kappa shape index (κ2) is 4.32. The fourth-order valence-electron chi connectivity index (χ4n) is 0.516. The Bertz CT molecular complexity index is 203. The van der Waals surface area contributed by atoms with Crippen LogP contribution in [0.1, 0.15) is 19.8 Å². The molecule has 0 atom stereocenters. The van der Waals surface area contributed by atoms with Gasteiger partial charge in [0.1, 0.15) is 0 Å². The van der Waals surface area contributed by atoms with E-state index in [-0.39, 0.29) is 0 Å². The van der Waals surface area contributed by atoms with Gasteiger partial charge in [0, 0.05) is 0 Å². The summed E-state index contributed by atoms with van der Waals surface area (Å²) in [5.74, 6) is 0. The van der Waals surface area contributed by atoms with Crippen LogP contribution in [-0.4, -0.2) is 13.8 Å². The van der Waals surface area contributed by atoms with Gasteiger partial charge in [-0.25, -0.2) is 0 Å². The number of rotatable bonds is 3. The molecule has 0 amide bonds. The maximum atomic E-state index is 9.97. The van der Waals surface area contributed by atoms with Crippen LogP contribution in [0.15, 0.2) is 12.2 Å². The quantitative estimate of drug-likeness (QED) is 0.440. The van der Waals surface area contributed by atoms with E-state index in [9.17, 15) is 8.42 Å². The minimum Gasteiger partial charge on any atom is -0.185 e. The second-order valence-electron chi connectivity index (χ2n) is 1.79. The van der Waals surface area contributed by atoms with E-state index in [0.29, 0.717) is 5.57 Å². The van der Waals surface area contributed by atoms with Gasteiger partial charge in [-0.2, -0.15) is 8.42 Å². The highest BCUT2D eigenvalue weighted by molar-refractivity contribution is 7.71. The number of hydrogen-bond acceptors (Lipinski definition) is 2. The third kappa shape index (κ3) is 5.30. The Kier molecular flexibility index (Phi) is 4.05. The molecule has 52 valence electrons. The molecule has 3 heteroatoms. The van der Waals surface area contributed by atoms with E-state index in [1.54, 1.807) is 0 Å². The van der Waals surface area contributed by atoms with Gasteiger partial charge in [-0.05, 0) is 12.0 Å². The third-order valence-corrected chi connectivity index (χ3v) is 1.36. The van der Waals surface area contributed by atoms with Crippen molar-refractivity contribution in [3.05, 3.63) is 12.2 Å². The molecule has 0 aromatic rings. The van der Waals surface area contributed by atoms with E-state index in [1.807, 2.05) is 6.92 Å². The summed E-state index contributed by atoms with van der Waals surface area (Å²) >= 11 is 0. The van der Waals surface area contributed by atoms with Crippen LogP contribution in [0.25, 0.3) is 0 Å². The molecule has 0 aliphatic rings. The van der Waals surface area contributed by atoms with Crippen molar-refractivity contribution in [3.8, 4) is 0 Å². The van der Waals surface area contributed by atoms with Gasteiger partial charge in [-0.15, -0.1) is 0 Å². The summed E-state index contributed by atoms with van der Waals surface area (Å²) in [5.41, 5.74) is 0.672. The lowest BCUT2D eigenvalue weighted by molar-refractivity contribution is 0.627. The lowest BCUT2D eigenvalue weighted by atomic mass is 10.2. The Morgan fingerprint density at radius 3 is 2.56 bits per heavy atom. The summed E-state index contributed by atoms with van der Waals surface area (Å²) in [5, 5.41) is 1.14. The maximum absolute atomic E-state index is 9.97. The summed E-state index contributed by atoms with van der Waals surface area (Å²) in [6.07, 6.45) is 1.69. The summed E-state index contributed by atoms with van der Waals surface area (Å²) in [6, 6.07) is 0. The minimum atomic E-state index is -2.07. The third-order valence-electron chi connectivity index (χ3n) is 0.834. The predicted octanol–water partition coefficient (Wildman–Crippen LogP) is 1.02. The molecule has 0 spiro atoms. The first-order valence-corrected chi connectivity index (χ1v) is 3.91. The topological polar surface area (TPSA) is 34.1 Å². The average Bonchev–Trinajstić information content (AvgIpc) is 1.63. The molecular weight excluding hydrogens is 136 g/mol. The Morgan fingerprint density at radius 1 is 1.67 bits per heavy atom. The lowest BCUT2D eigenvalue weighted by Gasteiger charge is -1.88. The monoisotopic (exact) mass is 146 g/mol. The van der Waals surface area contributed by atoms with E-state index in [0.717, 1.165) is 18.2 Å². The van der Waals surface area contributed by atoms with Gasteiger partial charge in [0.15, 0.2) is 0 Å². The molecule has 0 saturated carbocycles. The summed E-state index contributed by atoms with van der Waals surface area (Å²) < 4.78 is 19.9. The molecule has 0 saturated heterocycles. The van der Waals surface area contributed by atoms with Crippen LogP contribution in [0.3, 0.4) is 0 Å². The minimum absolute atomic E-state index is 0.672. The van der Waals surface area contributed by atoms with Gasteiger partial charge in [-0.3, -0.25) is 0 Å². The first-order chi connectivity index (χ1) is 4.16. The largest absolute Gasteiger partial charge is 0.214 e. The zero-order valence-electron chi connectivity index (χ0n) is 5.42. The molecular formula is C6H10O2S. The molecule has 0 aliphatic carbocycles. The molecule has 0 radical (unpaired) electrons. The lowest BCUT2D eigenvalue weighted by Crippen LogP contribution is -1.81. The Labute approximate surface area is 56.7 Å². The average molecular weight is 146 g/mol. The van der Waals surface area contributed by atoms with E-state index in [1.165, 1.54) is 0 Å². The first-order valence-electron chi connectivity index (χ1n) is 2.77. The van der Waals surface area contributed by atoms with Crippen molar-refractivity contribution in [2.75, 3.05) is 0 Å².